The minimum Gasteiger partial charge on any atom is -0.315 e. The Labute approximate surface area is 250 Å². The lowest BCUT2D eigenvalue weighted by molar-refractivity contribution is -0.145. The third kappa shape index (κ3) is 7.60. The van der Waals surface area contributed by atoms with Crippen molar-refractivity contribution in [2.45, 2.75) is 53.3 Å². The number of benzene rings is 2. The van der Waals surface area contributed by atoms with E-state index in [-0.39, 0.29) is 43.1 Å². The van der Waals surface area contributed by atoms with Crippen LogP contribution in [0.4, 0.5) is 18.9 Å². The van der Waals surface area contributed by atoms with Gasteiger partial charge in [-0.3, -0.25) is 24.6 Å². The molecule has 0 aliphatic carbocycles. The maximum atomic E-state index is 13.6. The summed E-state index contributed by atoms with van der Waals surface area (Å²) in [7, 11) is 1.66. The number of rotatable bonds is 13. The molecule has 0 bridgehead atoms. The van der Waals surface area contributed by atoms with Gasteiger partial charge in [0.05, 0.1) is 18.6 Å². The third-order valence-electron chi connectivity index (χ3n) is 7.38. The predicted octanol–water partition coefficient (Wildman–Crippen LogP) is 3.65. The third-order valence-corrected chi connectivity index (χ3v) is 7.38. The number of aryl methyl sites for hydroxylation is 2. The number of halogens is 4. The summed E-state index contributed by atoms with van der Waals surface area (Å²) in [5.74, 6) is -0.757. The summed E-state index contributed by atoms with van der Waals surface area (Å²) in [6.07, 6.45) is -1.97. The molecule has 42 heavy (non-hydrogen) atoms. The minimum absolute atomic E-state index is 0. The number of alkyl halides is 2. The number of amides is 2. The van der Waals surface area contributed by atoms with Crippen molar-refractivity contribution in [2.24, 2.45) is 0 Å². The number of hydrogen-bond acceptors (Lipinski definition) is 6. The number of carbonyl (C=O) groups excluding carboxylic acids is 2. The van der Waals surface area contributed by atoms with Crippen LogP contribution in [0.2, 0.25) is 0 Å². The molecule has 0 unspecified atom stereocenters. The first kappa shape index (κ1) is 33.3. The monoisotopic (exact) mass is 609 g/mol. The maximum absolute atomic E-state index is 13.6. The van der Waals surface area contributed by atoms with Gasteiger partial charge in [0.1, 0.15) is 12.4 Å². The van der Waals surface area contributed by atoms with Crippen LogP contribution < -0.4 is 15.5 Å². The predicted molar refractivity (Wildman–Crippen MR) is 159 cm³/mol. The second-order valence-electron chi connectivity index (χ2n) is 10.2. The molecule has 1 aromatic heterocycles. The number of hydrogen-bond donors (Lipinski definition) is 2. The largest absolute Gasteiger partial charge is 0.315 e. The van der Waals surface area contributed by atoms with Crippen LogP contribution >= 0.6 is 12.4 Å². The Morgan fingerprint density at radius 2 is 1.76 bits per heavy atom. The van der Waals surface area contributed by atoms with E-state index < -0.39 is 13.0 Å². The van der Waals surface area contributed by atoms with E-state index in [4.69, 9.17) is 0 Å². The summed E-state index contributed by atoms with van der Waals surface area (Å²) in [6.45, 7) is 7.77. The van der Waals surface area contributed by atoms with Crippen LogP contribution in [0.15, 0.2) is 30.3 Å². The van der Waals surface area contributed by atoms with E-state index in [1.54, 1.807) is 24.1 Å². The zero-order valence-electron chi connectivity index (χ0n) is 24.4. The summed E-state index contributed by atoms with van der Waals surface area (Å²) in [6, 6.07) is 8.31. The smallest absolute Gasteiger partial charge is 0.257 e. The van der Waals surface area contributed by atoms with Gasteiger partial charge in [0.25, 0.3) is 12.3 Å². The number of carbonyl (C=O) groups is 2. The van der Waals surface area contributed by atoms with Gasteiger partial charge in [-0.05, 0) is 60.8 Å². The lowest BCUT2D eigenvalue weighted by Crippen LogP contribution is -2.47. The molecule has 2 aromatic carbocycles. The van der Waals surface area contributed by atoms with E-state index >= 15 is 0 Å². The van der Waals surface area contributed by atoms with Crippen molar-refractivity contribution in [2.75, 3.05) is 44.7 Å². The van der Waals surface area contributed by atoms with Gasteiger partial charge in [-0.15, -0.1) is 12.4 Å². The summed E-state index contributed by atoms with van der Waals surface area (Å²) < 4.78 is 41.2. The average molecular weight is 610 g/mol. The first-order valence-corrected chi connectivity index (χ1v) is 13.9. The maximum Gasteiger partial charge on any atom is 0.257 e. The molecule has 0 saturated carbocycles. The number of fused-ring (bicyclic) bond motifs is 2. The summed E-state index contributed by atoms with van der Waals surface area (Å²) in [4.78, 5) is 27.9. The van der Waals surface area contributed by atoms with Crippen LogP contribution in [0.25, 0.3) is 10.9 Å². The second-order valence-corrected chi connectivity index (χ2v) is 10.2. The molecule has 1 aliphatic heterocycles. The summed E-state index contributed by atoms with van der Waals surface area (Å²) in [5.41, 5.74) is 4.59. The van der Waals surface area contributed by atoms with Crippen molar-refractivity contribution in [3.63, 3.8) is 0 Å². The number of nitrogens with one attached hydrogen (secondary N) is 2. The quantitative estimate of drug-likeness (QED) is 0.288. The molecular formula is C29H39ClF3N7O2. The van der Waals surface area contributed by atoms with Crippen molar-refractivity contribution in [1.29, 1.82) is 0 Å². The molecule has 2 heterocycles. The van der Waals surface area contributed by atoms with E-state index in [1.165, 1.54) is 21.8 Å². The minimum atomic E-state index is -2.52. The highest BCUT2D eigenvalue weighted by molar-refractivity contribution is 5.98. The zero-order valence-corrected chi connectivity index (χ0v) is 25.2. The van der Waals surface area contributed by atoms with Crippen LogP contribution in [0.1, 0.15) is 36.2 Å². The lowest BCUT2D eigenvalue weighted by atomic mass is 10.1. The van der Waals surface area contributed by atoms with Crippen molar-refractivity contribution in [1.82, 2.24) is 30.4 Å². The van der Waals surface area contributed by atoms with Crippen LogP contribution in [0, 0.1) is 12.7 Å². The van der Waals surface area contributed by atoms with Gasteiger partial charge in [-0.1, -0.05) is 19.9 Å². The number of aromatic nitrogens is 2. The van der Waals surface area contributed by atoms with Crippen molar-refractivity contribution >= 4 is 40.8 Å². The average Bonchev–Trinajstić information content (AvgIpc) is 3.49. The Bertz CT molecular complexity index is 1400. The van der Waals surface area contributed by atoms with E-state index in [0.717, 1.165) is 34.3 Å². The second kappa shape index (κ2) is 14.8. The topological polar surface area (TPSA) is 85.7 Å². The van der Waals surface area contributed by atoms with Gasteiger partial charge >= 0.3 is 0 Å². The first-order chi connectivity index (χ1) is 19.6. The fourth-order valence-corrected chi connectivity index (χ4v) is 5.22. The standard InChI is InChI=1S/C29H38F3N7O2.ClH/c1-5-25-23-11-19(3)26(13-24(23)35-39(25)18-27(31)32)38(10-9-33-6-2)29(41)15-34-14-28(40)36(4)37-16-20-7-8-22(30)12-21(20)17-37;/h7-8,11-13,27,33-34H,5-6,9-10,14-18H2,1-4H3;1H. The molecule has 13 heteroatoms. The summed E-state index contributed by atoms with van der Waals surface area (Å²) >= 11 is 0. The zero-order chi connectivity index (χ0) is 29.7. The fraction of sp³-hybridized carbons (Fsp3) is 0.483. The molecule has 3 aromatic rings. The number of hydrazine groups is 1. The van der Waals surface area contributed by atoms with Crippen molar-refractivity contribution in [3.05, 3.63) is 58.5 Å². The Kier molecular flexibility index (Phi) is 11.7. The highest BCUT2D eigenvalue weighted by Gasteiger charge is 2.26. The molecule has 2 N–H and O–H groups in total. The molecule has 1 aliphatic rings. The molecule has 0 radical (unpaired) electrons. The van der Waals surface area contributed by atoms with Gasteiger partial charge in [0.15, 0.2) is 0 Å². The molecule has 9 nitrogen and oxygen atoms in total. The highest BCUT2D eigenvalue weighted by Crippen LogP contribution is 2.29. The lowest BCUT2D eigenvalue weighted by Gasteiger charge is -2.28. The Balaban J connectivity index is 0.00000484. The molecule has 4 rings (SSSR count). The highest BCUT2D eigenvalue weighted by atomic mass is 35.5. The SMILES string of the molecule is CCNCCN(C(=O)CNCC(=O)N(C)N1Cc2ccc(F)cc2C1)c1cc2nn(CC(F)F)c(CC)c2cc1C.Cl. The van der Waals surface area contributed by atoms with E-state index in [9.17, 15) is 22.8 Å². The molecular weight excluding hydrogens is 571 g/mol. The van der Waals surface area contributed by atoms with E-state index in [2.05, 4.69) is 15.7 Å². The normalized spacial score (nSPS) is 13.0. The molecule has 2 amide bonds. The fourth-order valence-electron chi connectivity index (χ4n) is 5.22. The first-order valence-electron chi connectivity index (χ1n) is 13.9. The van der Waals surface area contributed by atoms with Crippen LogP contribution in [0.5, 0.6) is 0 Å². The van der Waals surface area contributed by atoms with E-state index in [0.29, 0.717) is 43.8 Å². The van der Waals surface area contributed by atoms with Crippen LogP contribution in [0.3, 0.4) is 0 Å². The molecule has 230 valence electrons. The van der Waals surface area contributed by atoms with Crippen molar-refractivity contribution in [3.8, 4) is 0 Å². The Hall–Kier alpha value is -3.19. The van der Waals surface area contributed by atoms with Gasteiger partial charge in [0.2, 0.25) is 5.91 Å². The van der Waals surface area contributed by atoms with Crippen LogP contribution in [-0.4, -0.2) is 77.8 Å². The molecule has 0 saturated heterocycles. The number of nitrogens with zero attached hydrogens (tertiary/aromatic N) is 5. The van der Waals surface area contributed by atoms with Gasteiger partial charge in [-0.2, -0.15) is 5.10 Å². The van der Waals surface area contributed by atoms with Crippen LogP contribution in [-0.2, 0) is 35.6 Å². The number of anilines is 1. The molecule has 0 fully saturated rings. The molecule has 0 spiro atoms. The van der Waals surface area contributed by atoms with Crippen molar-refractivity contribution < 1.29 is 22.8 Å². The van der Waals surface area contributed by atoms with Gasteiger partial charge < -0.3 is 10.2 Å². The Morgan fingerprint density at radius 1 is 1.05 bits per heavy atom. The number of likely N-dealkylation sites (N-methyl/N-ethyl adjacent to an activating group) is 2. The Morgan fingerprint density at radius 3 is 2.45 bits per heavy atom. The van der Waals surface area contributed by atoms with Gasteiger partial charge in [0, 0.05) is 50.0 Å². The van der Waals surface area contributed by atoms with Gasteiger partial charge in [-0.25, -0.2) is 18.2 Å². The summed E-state index contributed by atoms with van der Waals surface area (Å²) in [5, 5.41) is 14.7. The van der Waals surface area contributed by atoms with E-state index in [1.807, 2.05) is 31.8 Å². The molecule has 0 atom stereocenters.